The SMILES string of the molecule is CCc1ccc(C(Cc2ccc(C(C)C)cc2)NN)cc1. The van der Waals surface area contributed by atoms with E-state index in [2.05, 4.69) is 74.7 Å². The van der Waals surface area contributed by atoms with Crippen molar-refractivity contribution in [2.45, 2.75) is 45.6 Å². The first-order valence-corrected chi connectivity index (χ1v) is 7.77. The molecule has 2 aromatic carbocycles. The van der Waals surface area contributed by atoms with Crippen molar-refractivity contribution in [2.24, 2.45) is 5.84 Å². The molecule has 0 fully saturated rings. The summed E-state index contributed by atoms with van der Waals surface area (Å²) >= 11 is 0. The Hall–Kier alpha value is -1.64. The number of aryl methyl sites for hydroxylation is 1. The molecule has 2 nitrogen and oxygen atoms in total. The second kappa shape index (κ2) is 7.39. The van der Waals surface area contributed by atoms with E-state index in [1.54, 1.807) is 0 Å². The third kappa shape index (κ3) is 4.16. The normalized spacial score (nSPS) is 12.6. The molecule has 2 aromatic rings. The van der Waals surface area contributed by atoms with Gasteiger partial charge in [-0.3, -0.25) is 11.3 Å². The van der Waals surface area contributed by atoms with Crippen LogP contribution in [0, 0.1) is 0 Å². The molecule has 1 atom stereocenters. The molecule has 0 saturated heterocycles. The molecule has 0 aliphatic rings. The summed E-state index contributed by atoms with van der Waals surface area (Å²) in [7, 11) is 0. The standard InChI is InChI=1S/C19H26N2/c1-4-15-5-11-18(12-6-15)19(21-20)13-16-7-9-17(10-8-16)14(2)3/h5-12,14,19,21H,4,13,20H2,1-3H3. The zero-order valence-electron chi connectivity index (χ0n) is 13.3. The molecule has 2 rings (SSSR count). The van der Waals surface area contributed by atoms with Crippen LogP contribution in [0.25, 0.3) is 0 Å². The van der Waals surface area contributed by atoms with Crippen LogP contribution >= 0.6 is 0 Å². The van der Waals surface area contributed by atoms with Crippen LogP contribution in [0.2, 0.25) is 0 Å². The van der Waals surface area contributed by atoms with E-state index in [1.165, 1.54) is 22.3 Å². The monoisotopic (exact) mass is 282 g/mol. The fraction of sp³-hybridized carbons (Fsp3) is 0.368. The van der Waals surface area contributed by atoms with Crippen LogP contribution in [0.5, 0.6) is 0 Å². The maximum absolute atomic E-state index is 5.75. The predicted molar refractivity (Wildman–Crippen MR) is 90.1 cm³/mol. The van der Waals surface area contributed by atoms with Crippen LogP contribution in [-0.4, -0.2) is 0 Å². The highest BCUT2D eigenvalue weighted by Crippen LogP contribution is 2.21. The molecule has 0 aromatic heterocycles. The highest BCUT2D eigenvalue weighted by molar-refractivity contribution is 5.29. The van der Waals surface area contributed by atoms with E-state index in [9.17, 15) is 0 Å². The lowest BCUT2D eigenvalue weighted by atomic mass is 9.96. The van der Waals surface area contributed by atoms with Crippen LogP contribution in [0.15, 0.2) is 48.5 Å². The molecule has 1 unspecified atom stereocenters. The first-order valence-electron chi connectivity index (χ1n) is 7.77. The van der Waals surface area contributed by atoms with Gasteiger partial charge in [0.05, 0.1) is 0 Å². The zero-order valence-corrected chi connectivity index (χ0v) is 13.3. The van der Waals surface area contributed by atoms with Crippen molar-refractivity contribution in [3.63, 3.8) is 0 Å². The lowest BCUT2D eigenvalue weighted by Gasteiger charge is -2.17. The molecule has 0 spiro atoms. The van der Waals surface area contributed by atoms with Gasteiger partial charge in [-0.2, -0.15) is 0 Å². The van der Waals surface area contributed by atoms with Gasteiger partial charge >= 0.3 is 0 Å². The largest absolute Gasteiger partial charge is 0.271 e. The summed E-state index contributed by atoms with van der Waals surface area (Å²) in [5.74, 6) is 6.32. The highest BCUT2D eigenvalue weighted by atomic mass is 15.2. The molecular weight excluding hydrogens is 256 g/mol. The Balaban J connectivity index is 2.10. The van der Waals surface area contributed by atoms with Gasteiger partial charge in [0, 0.05) is 6.04 Å². The van der Waals surface area contributed by atoms with E-state index < -0.39 is 0 Å². The van der Waals surface area contributed by atoms with Crippen molar-refractivity contribution in [3.05, 3.63) is 70.8 Å². The highest BCUT2D eigenvalue weighted by Gasteiger charge is 2.10. The summed E-state index contributed by atoms with van der Waals surface area (Å²) in [6.45, 7) is 6.60. The third-order valence-electron chi connectivity index (χ3n) is 4.08. The predicted octanol–water partition coefficient (Wildman–Crippen LogP) is 4.12. The molecule has 0 bridgehead atoms. The Bertz CT molecular complexity index is 541. The average Bonchev–Trinajstić information content (AvgIpc) is 2.53. The molecular formula is C19H26N2. The van der Waals surface area contributed by atoms with Crippen LogP contribution in [-0.2, 0) is 12.8 Å². The van der Waals surface area contributed by atoms with Crippen LogP contribution in [0.4, 0.5) is 0 Å². The number of benzene rings is 2. The van der Waals surface area contributed by atoms with E-state index in [0.29, 0.717) is 5.92 Å². The smallest absolute Gasteiger partial charge is 0.0500 e. The number of nitrogens with two attached hydrogens (primary N) is 1. The Labute approximate surface area is 128 Å². The van der Waals surface area contributed by atoms with Gasteiger partial charge in [0.1, 0.15) is 0 Å². The Morgan fingerprint density at radius 2 is 1.38 bits per heavy atom. The van der Waals surface area contributed by atoms with Gasteiger partial charge in [-0.05, 0) is 41.0 Å². The van der Waals surface area contributed by atoms with Gasteiger partial charge in [0.25, 0.3) is 0 Å². The van der Waals surface area contributed by atoms with Crippen LogP contribution < -0.4 is 11.3 Å². The van der Waals surface area contributed by atoms with Crippen molar-refractivity contribution in [1.29, 1.82) is 0 Å². The number of nitrogens with one attached hydrogen (secondary N) is 1. The summed E-state index contributed by atoms with van der Waals surface area (Å²) in [6.07, 6.45) is 1.97. The minimum atomic E-state index is 0.154. The lowest BCUT2D eigenvalue weighted by Crippen LogP contribution is -2.29. The van der Waals surface area contributed by atoms with Gasteiger partial charge in [-0.1, -0.05) is 69.3 Å². The number of hydrogen-bond acceptors (Lipinski definition) is 2. The molecule has 0 heterocycles. The third-order valence-corrected chi connectivity index (χ3v) is 4.08. The topological polar surface area (TPSA) is 38.0 Å². The summed E-state index contributed by atoms with van der Waals surface area (Å²) in [5.41, 5.74) is 8.22. The van der Waals surface area contributed by atoms with E-state index in [1.807, 2.05) is 0 Å². The maximum Gasteiger partial charge on any atom is 0.0500 e. The molecule has 0 aliphatic heterocycles. The van der Waals surface area contributed by atoms with Gasteiger partial charge < -0.3 is 0 Å². The number of rotatable bonds is 6. The fourth-order valence-electron chi connectivity index (χ4n) is 2.53. The quantitative estimate of drug-likeness (QED) is 0.618. The lowest BCUT2D eigenvalue weighted by molar-refractivity contribution is 0.551. The Morgan fingerprint density at radius 1 is 0.857 bits per heavy atom. The van der Waals surface area contributed by atoms with Crippen molar-refractivity contribution in [3.8, 4) is 0 Å². The molecule has 0 saturated carbocycles. The molecule has 112 valence electrons. The van der Waals surface area contributed by atoms with E-state index in [0.717, 1.165) is 12.8 Å². The molecule has 0 aliphatic carbocycles. The Kier molecular flexibility index (Phi) is 5.54. The first kappa shape index (κ1) is 15.7. The first-order chi connectivity index (χ1) is 10.1. The van der Waals surface area contributed by atoms with E-state index >= 15 is 0 Å². The minimum absolute atomic E-state index is 0.154. The molecule has 0 radical (unpaired) electrons. The second-order valence-corrected chi connectivity index (χ2v) is 5.91. The van der Waals surface area contributed by atoms with Crippen LogP contribution in [0.3, 0.4) is 0 Å². The van der Waals surface area contributed by atoms with Crippen molar-refractivity contribution < 1.29 is 0 Å². The van der Waals surface area contributed by atoms with Crippen molar-refractivity contribution in [2.75, 3.05) is 0 Å². The minimum Gasteiger partial charge on any atom is -0.271 e. The van der Waals surface area contributed by atoms with E-state index in [-0.39, 0.29) is 6.04 Å². The van der Waals surface area contributed by atoms with Gasteiger partial charge in [0.2, 0.25) is 0 Å². The fourth-order valence-corrected chi connectivity index (χ4v) is 2.53. The van der Waals surface area contributed by atoms with Crippen LogP contribution in [0.1, 0.15) is 55.0 Å². The molecule has 0 amide bonds. The molecule has 21 heavy (non-hydrogen) atoms. The molecule has 2 heteroatoms. The zero-order chi connectivity index (χ0) is 15.2. The maximum atomic E-state index is 5.75. The van der Waals surface area contributed by atoms with Crippen molar-refractivity contribution in [1.82, 2.24) is 5.43 Å². The van der Waals surface area contributed by atoms with Crippen molar-refractivity contribution >= 4 is 0 Å². The molecule has 3 N–H and O–H groups in total. The van der Waals surface area contributed by atoms with E-state index in [4.69, 9.17) is 5.84 Å². The summed E-state index contributed by atoms with van der Waals surface area (Å²) in [4.78, 5) is 0. The summed E-state index contributed by atoms with van der Waals surface area (Å²) < 4.78 is 0. The Morgan fingerprint density at radius 3 is 1.86 bits per heavy atom. The summed E-state index contributed by atoms with van der Waals surface area (Å²) in [5, 5.41) is 0. The van der Waals surface area contributed by atoms with Gasteiger partial charge in [0.15, 0.2) is 0 Å². The van der Waals surface area contributed by atoms with Gasteiger partial charge in [-0.25, -0.2) is 0 Å². The van der Waals surface area contributed by atoms with Gasteiger partial charge in [-0.15, -0.1) is 0 Å². The second-order valence-electron chi connectivity index (χ2n) is 5.91. The number of hydrogen-bond donors (Lipinski definition) is 2. The summed E-state index contributed by atoms with van der Waals surface area (Å²) in [6, 6.07) is 17.7. The number of hydrazine groups is 1. The average molecular weight is 282 g/mol.